The molecular weight excluding hydrogens is 547 g/mol. The fraction of sp³-hybridized carbons (Fsp3) is 0.200. The van der Waals surface area contributed by atoms with Crippen LogP contribution in [-0.2, 0) is 26.5 Å². The first-order valence-electron chi connectivity index (χ1n) is 8.12. The molecule has 0 bridgehead atoms. The third kappa shape index (κ3) is 4.30. The first-order valence-corrected chi connectivity index (χ1v) is 8.12. The molecule has 0 saturated carbocycles. The first kappa shape index (κ1) is 21.8. The number of hydrogen-bond donors (Lipinski definition) is 1. The smallest absolute Gasteiger partial charge is 0.354 e. The molecule has 0 aliphatic heterocycles. The van der Waals surface area contributed by atoms with Crippen LogP contribution in [0.25, 0.3) is 11.3 Å². The van der Waals surface area contributed by atoms with Gasteiger partial charge < -0.3 is 10.1 Å². The maximum Gasteiger partial charge on any atom is 0.354 e. The topological polar surface area (TPSA) is 76.0 Å². The van der Waals surface area contributed by atoms with Crippen LogP contribution in [0.5, 0.6) is 0 Å². The molecule has 0 aliphatic carbocycles. The monoisotopic (exact) mass is 563 g/mol. The van der Waals surface area contributed by atoms with Gasteiger partial charge in [-0.05, 0) is 44.7 Å². The first-order chi connectivity index (χ1) is 12.7. The van der Waals surface area contributed by atoms with Gasteiger partial charge >= 0.3 is 5.97 Å². The minimum atomic E-state index is -1.13. The maximum atomic E-state index is 14.1. The van der Waals surface area contributed by atoms with Gasteiger partial charge in [0.25, 0.3) is 0 Å². The van der Waals surface area contributed by atoms with Crippen LogP contribution in [0.1, 0.15) is 41.3 Å². The summed E-state index contributed by atoms with van der Waals surface area (Å²) in [7, 11) is 0. The van der Waals surface area contributed by atoms with Gasteiger partial charge in [-0.3, -0.25) is 4.98 Å². The third-order valence-electron chi connectivity index (χ3n) is 4.22. The van der Waals surface area contributed by atoms with Gasteiger partial charge in [-0.2, -0.15) is 0 Å². The molecule has 0 aromatic carbocycles. The van der Waals surface area contributed by atoms with Crippen LogP contribution in [0.15, 0.2) is 36.4 Å². The van der Waals surface area contributed by atoms with Crippen molar-refractivity contribution in [2.75, 3.05) is 0 Å². The van der Waals surface area contributed by atoms with E-state index >= 15 is 0 Å². The number of nitrogens with zero attached hydrogens (tertiary/aromatic N) is 3. The van der Waals surface area contributed by atoms with E-state index in [4.69, 9.17) is 0 Å². The van der Waals surface area contributed by atoms with Crippen molar-refractivity contribution in [1.29, 1.82) is 0 Å². The van der Waals surface area contributed by atoms with E-state index in [1.54, 1.807) is 18.2 Å². The van der Waals surface area contributed by atoms with E-state index in [0.29, 0.717) is 11.4 Å². The molecule has 3 aromatic heterocycles. The number of aryl methyl sites for hydroxylation is 1. The molecule has 0 radical (unpaired) electrons. The second-order valence-corrected chi connectivity index (χ2v) is 6.64. The minimum Gasteiger partial charge on any atom is -0.477 e. The Morgan fingerprint density at radius 3 is 2.46 bits per heavy atom. The van der Waals surface area contributed by atoms with Crippen LogP contribution >= 0.6 is 0 Å². The van der Waals surface area contributed by atoms with Crippen molar-refractivity contribution in [3.63, 3.8) is 0 Å². The van der Waals surface area contributed by atoms with E-state index in [1.807, 2.05) is 26.8 Å². The predicted molar refractivity (Wildman–Crippen MR) is 94.3 cm³/mol. The number of pyridine rings is 3. The molecular formula is C20H16F2N3O2Pt-. The van der Waals surface area contributed by atoms with Crippen LogP contribution in [0.3, 0.4) is 0 Å². The van der Waals surface area contributed by atoms with E-state index in [-0.39, 0.29) is 38.0 Å². The third-order valence-corrected chi connectivity index (χ3v) is 4.22. The number of carboxylic acids is 1. The fourth-order valence-electron chi connectivity index (χ4n) is 2.70. The van der Waals surface area contributed by atoms with Crippen molar-refractivity contribution >= 4 is 5.97 Å². The SMILES string of the molecule is Cc1cc(-c2[c-]cc(F)nc2F)nc(C(C)(C)c2cccc(C(=O)O)n2)c1.[Pt]. The number of halogens is 2. The second kappa shape index (κ2) is 8.23. The summed E-state index contributed by atoms with van der Waals surface area (Å²) in [5, 5.41) is 9.17. The summed E-state index contributed by atoms with van der Waals surface area (Å²) >= 11 is 0. The van der Waals surface area contributed by atoms with Crippen molar-refractivity contribution < 1.29 is 39.7 Å². The van der Waals surface area contributed by atoms with E-state index < -0.39 is 23.3 Å². The Hall–Kier alpha value is -2.53. The Bertz CT molecular complexity index is 1040. The van der Waals surface area contributed by atoms with Gasteiger partial charge in [0.05, 0.1) is 5.69 Å². The zero-order valence-corrected chi connectivity index (χ0v) is 17.5. The number of hydrogen-bond acceptors (Lipinski definition) is 4. The van der Waals surface area contributed by atoms with E-state index in [0.717, 1.165) is 11.6 Å². The molecule has 5 nitrogen and oxygen atoms in total. The summed E-state index contributed by atoms with van der Waals surface area (Å²) in [5.41, 5.74) is 1.26. The molecule has 3 rings (SSSR count). The molecule has 3 heterocycles. The zero-order chi connectivity index (χ0) is 19.8. The number of carboxylic acid groups (broad SMARTS) is 1. The average Bonchev–Trinajstić information content (AvgIpc) is 2.61. The van der Waals surface area contributed by atoms with Crippen molar-refractivity contribution in [3.05, 3.63) is 77.0 Å². The standard InChI is InChI=1S/C20H16F2N3O2.Pt/c1-11-9-14(12-7-8-17(21)25-18(12)22)24-16(10-11)20(2,3)15-6-4-5-13(23-15)19(26)27;/h4-6,8-10H,1-3H3,(H,26,27);/q-1;. The quantitative estimate of drug-likeness (QED) is 0.385. The molecule has 0 atom stereocenters. The van der Waals surface area contributed by atoms with Crippen LogP contribution < -0.4 is 0 Å². The van der Waals surface area contributed by atoms with Crippen LogP contribution in [0, 0.1) is 24.9 Å². The van der Waals surface area contributed by atoms with Crippen molar-refractivity contribution in [3.8, 4) is 11.3 Å². The molecule has 0 spiro atoms. The zero-order valence-electron chi connectivity index (χ0n) is 15.2. The number of rotatable bonds is 4. The van der Waals surface area contributed by atoms with Gasteiger partial charge in [-0.1, -0.05) is 29.3 Å². The Morgan fingerprint density at radius 1 is 1.11 bits per heavy atom. The fourth-order valence-corrected chi connectivity index (χ4v) is 2.70. The Morgan fingerprint density at radius 2 is 1.82 bits per heavy atom. The van der Waals surface area contributed by atoms with E-state index in [2.05, 4.69) is 21.0 Å². The Kier molecular flexibility index (Phi) is 6.40. The molecule has 3 aromatic rings. The van der Waals surface area contributed by atoms with E-state index in [1.165, 1.54) is 6.07 Å². The summed E-state index contributed by atoms with van der Waals surface area (Å²) in [6, 6.07) is 11.7. The molecule has 0 fully saturated rings. The van der Waals surface area contributed by atoms with Crippen molar-refractivity contribution in [1.82, 2.24) is 15.0 Å². The average molecular weight is 563 g/mol. The molecule has 0 amide bonds. The summed E-state index contributed by atoms with van der Waals surface area (Å²) in [6.45, 7) is 5.51. The van der Waals surface area contributed by atoms with Gasteiger partial charge in [0.2, 0.25) is 0 Å². The molecule has 8 heteroatoms. The maximum absolute atomic E-state index is 14.1. The number of aromatic nitrogens is 3. The summed E-state index contributed by atoms with van der Waals surface area (Å²) in [6.07, 6.45) is 0. The van der Waals surface area contributed by atoms with Crippen molar-refractivity contribution in [2.45, 2.75) is 26.2 Å². The molecule has 0 unspecified atom stereocenters. The molecule has 0 aliphatic rings. The van der Waals surface area contributed by atoms with Gasteiger partial charge in [0, 0.05) is 32.2 Å². The summed E-state index contributed by atoms with van der Waals surface area (Å²) in [4.78, 5) is 23.1. The Labute approximate surface area is 175 Å². The number of aromatic carboxylic acids is 1. The molecule has 1 N–H and O–H groups in total. The predicted octanol–water partition coefficient (Wildman–Crippen LogP) is 3.95. The van der Waals surface area contributed by atoms with Gasteiger partial charge in [-0.15, -0.1) is 6.07 Å². The molecule has 28 heavy (non-hydrogen) atoms. The van der Waals surface area contributed by atoms with Crippen molar-refractivity contribution in [2.24, 2.45) is 0 Å². The normalized spacial score (nSPS) is 11.0. The van der Waals surface area contributed by atoms with Crippen LogP contribution in [-0.4, -0.2) is 26.0 Å². The largest absolute Gasteiger partial charge is 0.477 e. The van der Waals surface area contributed by atoms with Gasteiger partial charge in [0.1, 0.15) is 17.6 Å². The van der Waals surface area contributed by atoms with E-state index in [9.17, 15) is 18.7 Å². The summed E-state index contributed by atoms with van der Waals surface area (Å²) < 4.78 is 27.1. The second-order valence-electron chi connectivity index (χ2n) is 6.64. The molecule has 148 valence electrons. The molecule has 0 saturated heterocycles. The Balaban J connectivity index is 0.00000280. The summed E-state index contributed by atoms with van der Waals surface area (Å²) in [5.74, 6) is -3.08. The van der Waals surface area contributed by atoms with Gasteiger partial charge in [0.15, 0.2) is 0 Å². The number of carbonyl (C=O) groups is 1. The van der Waals surface area contributed by atoms with Gasteiger partial charge in [-0.25, -0.2) is 18.6 Å². The minimum absolute atomic E-state index is 0. The van der Waals surface area contributed by atoms with Crippen LogP contribution in [0.2, 0.25) is 0 Å². The van der Waals surface area contributed by atoms with Crippen LogP contribution in [0.4, 0.5) is 8.78 Å².